The molecule has 0 bridgehead atoms. The van der Waals surface area contributed by atoms with E-state index in [0.717, 1.165) is 12.1 Å². The van der Waals surface area contributed by atoms with E-state index in [2.05, 4.69) is 4.98 Å². The van der Waals surface area contributed by atoms with Gasteiger partial charge >= 0.3 is 6.18 Å². The number of hydrogen-bond acceptors (Lipinski definition) is 3. The number of nitrogens with zero attached hydrogens (tertiary/aromatic N) is 1. The molecule has 2 rings (SSSR count). The van der Waals surface area contributed by atoms with Crippen LogP contribution in [0.5, 0.6) is 5.75 Å². The number of thiocarbonyl (C=S) groups is 1. The van der Waals surface area contributed by atoms with Crippen molar-refractivity contribution in [3.8, 4) is 5.75 Å². The predicted octanol–water partition coefficient (Wildman–Crippen LogP) is 5.16. The van der Waals surface area contributed by atoms with Gasteiger partial charge in [-0.3, -0.25) is 0 Å². The van der Waals surface area contributed by atoms with E-state index in [0.29, 0.717) is 0 Å². The van der Waals surface area contributed by atoms with Gasteiger partial charge in [-0.15, -0.1) is 0 Å². The summed E-state index contributed by atoms with van der Waals surface area (Å²) < 4.78 is 43.0. The molecule has 0 amide bonds. The Morgan fingerprint density at radius 2 is 1.90 bits per heavy atom. The first-order valence-corrected chi connectivity index (χ1v) is 6.64. The summed E-state index contributed by atoms with van der Waals surface area (Å²) >= 11 is 16.6. The lowest BCUT2D eigenvalue weighted by atomic mass is 10.2. The van der Waals surface area contributed by atoms with E-state index >= 15 is 0 Å². The molecule has 0 aliphatic carbocycles. The maximum atomic E-state index is 12.6. The Bertz CT molecular complexity index is 691. The highest BCUT2D eigenvalue weighted by Crippen LogP contribution is 2.31. The molecule has 2 nitrogen and oxygen atoms in total. The van der Waals surface area contributed by atoms with E-state index in [1.807, 2.05) is 0 Å². The molecule has 0 atom stereocenters. The summed E-state index contributed by atoms with van der Waals surface area (Å²) in [5.41, 5.74) is -0.602. The molecule has 21 heavy (non-hydrogen) atoms. The summed E-state index contributed by atoms with van der Waals surface area (Å²) in [6.07, 6.45) is -3.14. The van der Waals surface area contributed by atoms with Crippen LogP contribution >= 0.6 is 35.4 Å². The van der Waals surface area contributed by atoms with Crippen LogP contribution in [0.1, 0.15) is 11.1 Å². The van der Waals surface area contributed by atoms with Gasteiger partial charge < -0.3 is 4.74 Å². The molecule has 0 radical (unpaired) electrons. The van der Waals surface area contributed by atoms with Crippen molar-refractivity contribution >= 4 is 40.5 Å². The van der Waals surface area contributed by atoms with Crippen LogP contribution in [0, 0.1) is 0 Å². The molecule has 0 spiro atoms. The second kappa shape index (κ2) is 6.17. The van der Waals surface area contributed by atoms with Crippen LogP contribution in [0.4, 0.5) is 13.2 Å². The molecular weight excluding hydrogens is 346 g/mol. The lowest BCUT2D eigenvalue weighted by Gasteiger charge is -2.11. The van der Waals surface area contributed by atoms with Gasteiger partial charge in [0.05, 0.1) is 16.1 Å². The Labute approximate surface area is 133 Å². The summed E-state index contributed by atoms with van der Waals surface area (Å²) in [5.74, 6) is -0.0501. The lowest BCUT2D eigenvalue weighted by molar-refractivity contribution is -0.137. The molecular formula is C13H6Cl2F3NOS. The van der Waals surface area contributed by atoms with E-state index in [9.17, 15) is 13.2 Å². The van der Waals surface area contributed by atoms with Gasteiger partial charge in [0, 0.05) is 6.20 Å². The average molecular weight is 352 g/mol. The van der Waals surface area contributed by atoms with Crippen LogP contribution in [0.3, 0.4) is 0 Å². The fraction of sp³-hybridized carbons (Fsp3) is 0.0769. The normalized spacial score (nSPS) is 11.3. The Morgan fingerprint density at radius 1 is 1.19 bits per heavy atom. The van der Waals surface area contributed by atoms with E-state index in [-0.39, 0.29) is 26.5 Å². The number of aromatic nitrogens is 1. The molecule has 110 valence electrons. The molecule has 0 aliphatic heterocycles. The third-order valence-corrected chi connectivity index (χ3v) is 3.21. The minimum Gasteiger partial charge on any atom is -0.445 e. The molecule has 1 heterocycles. The van der Waals surface area contributed by atoms with Gasteiger partial charge in [-0.25, -0.2) is 4.98 Å². The monoisotopic (exact) mass is 351 g/mol. The zero-order chi connectivity index (χ0) is 15.6. The largest absolute Gasteiger partial charge is 0.445 e. The van der Waals surface area contributed by atoms with Crippen molar-refractivity contribution in [1.82, 2.24) is 4.98 Å². The summed E-state index contributed by atoms with van der Waals surface area (Å²) in [6, 6.07) is 5.78. The van der Waals surface area contributed by atoms with Gasteiger partial charge in [0.2, 0.25) is 5.05 Å². The molecule has 0 saturated heterocycles. The quantitative estimate of drug-likeness (QED) is 0.551. The molecule has 0 saturated carbocycles. The van der Waals surface area contributed by atoms with Crippen molar-refractivity contribution in [2.75, 3.05) is 0 Å². The average Bonchev–Trinajstić information content (AvgIpc) is 2.41. The molecule has 0 unspecified atom stereocenters. The van der Waals surface area contributed by atoms with Crippen molar-refractivity contribution in [3.05, 3.63) is 57.8 Å². The van der Waals surface area contributed by atoms with Gasteiger partial charge in [-0.2, -0.15) is 13.2 Å². The number of benzene rings is 1. The zero-order valence-corrected chi connectivity index (χ0v) is 12.4. The smallest absolute Gasteiger partial charge is 0.416 e. The minimum atomic E-state index is -4.46. The van der Waals surface area contributed by atoms with Gasteiger partial charge in [-0.05, 0) is 36.5 Å². The van der Waals surface area contributed by atoms with Crippen LogP contribution in [0.25, 0.3) is 0 Å². The van der Waals surface area contributed by atoms with Gasteiger partial charge in [-0.1, -0.05) is 29.3 Å². The molecule has 0 N–H and O–H groups in total. The highest BCUT2D eigenvalue weighted by Gasteiger charge is 2.30. The number of ether oxygens (including phenoxy) is 1. The van der Waals surface area contributed by atoms with Crippen molar-refractivity contribution in [3.63, 3.8) is 0 Å². The molecule has 0 fully saturated rings. The Balaban J connectivity index is 2.26. The molecule has 1 aromatic heterocycles. The van der Waals surface area contributed by atoms with E-state index < -0.39 is 11.7 Å². The zero-order valence-electron chi connectivity index (χ0n) is 10.1. The van der Waals surface area contributed by atoms with Crippen molar-refractivity contribution < 1.29 is 17.9 Å². The predicted molar refractivity (Wildman–Crippen MR) is 78.0 cm³/mol. The number of rotatable bonds is 2. The number of alkyl halides is 3. The van der Waals surface area contributed by atoms with Crippen molar-refractivity contribution in [2.45, 2.75) is 6.18 Å². The third kappa shape index (κ3) is 4.06. The first-order chi connectivity index (χ1) is 9.77. The molecule has 1 aromatic carbocycles. The molecule has 8 heteroatoms. The van der Waals surface area contributed by atoms with Gasteiger partial charge in [0.15, 0.2) is 0 Å². The van der Waals surface area contributed by atoms with Crippen LogP contribution in [-0.4, -0.2) is 10.0 Å². The number of halogens is 5. The summed E-state index contributed by atoms with van der Waals surface area (Å²) in [6.45, 7) is 0. The Kier molecular flexibility index (Phi) is 4.70. The first-order valence-electron chi connectivity index (χ1n) is 5.48. The summed E-state index contributed by atoms with van der Waals surface area (Å²) in [4.78, 5) is 3.78. The second-order valence-electron chi connectivity index (χ2n) is 3.91. The van der Waals surface area contributed by atoms with Crippen molar-refractivity contribution in [1.29, 1.82) is 0 Å². The van der Waals surface area contributed by atoms with Crippen molar-refractivity contribution in [2.24, 2.45) is 0 Å². The first kappa shape index (κ1) is 16.0. The topological polar surface area (TPSA) is 22.1 Å². The Hall–Kier alpha value is -1.37. The van der Waals surface area contributed by atoms with Crippen LogP contribution in [0.15, 0.2) is 36.5 Å². The maximum Gasteiger partial charge on any atom is 0.416 e. The van der Waals surface area contributed by atoms with E-state index in [1.54, 1.807) is 0 Å². The fourth-order valence-corrected chi connectivity index (χ4v) is 2.12. The highest BCUT2D eigenvalue weighted by atomic mass is 35.5. The SMILES string of the molecule is FC(F)(F)c1cccc(OC(=S)c2cc(Cl)cnc2Cl)c1. The standard InChI is InChI=1S/C13H6Cl2F3NOS/c14-8-5-10(11(15)19-6-8)12(21)20-9-3-1-2-7(4-9)13(16,17)18/h1-6H. The third-order valence-electron chi connectivity index (χ3n) is 2.40. The maximum absolute atomic E-state index is 12.6. The summed E-state index contributed by atoms with van der Waals surface area (Å²) in [5, 5.41) is 0.218. The summed E-state index contributed by atoms with van der Waals surface area (Å²) in [7, 11) is 0. The minimum absolute atomic E-state index is 0.0501. The Morgan fingerprint density at radius 3 is 2.57 bits per heavy atom. The number of hydrogen-bond donors (Lipinski definition) is 0. The van der Waals surface area contributed by atoms with Crippen LogP contribution in [0.2, 0.25) is 10.2 Å². The van der Waals surface area contributed by atoms with Crippen LogP contribution < -0.4 is 4.74 Å². The van der Waals surface area contributed by atoms with Gasteiger partial charge in [0.25, 0.3) is 0 Å². The molecule has 0 aliphatic rings. The molecule has 2 aromatic rings. The number of pyridine rings is 1. The van der Waals surface area contributed by atoms with E-state index in [4.69, 9.17) is 40.2 Å². The lowest BCUT2D eigenvalue weighted by Crippen LogP contribution is -2.10. The van der Waals surface area contributed by atoms with Gasteiger partial charge in [0.1, 0.15) is 10.9 Å². The fourth-order valence-electron chi connectivity index (χ4n) is 1.46. The second-order valence-corrected chi connectivity index (χ2v) is 5.07. The van der Waals surface area contributed by atoms with Crippen LogP contribution in [-0.2, 0) is 6.18 Å². The highest BCUT2D eigenvalue weighted by molar-refractivity contribution is 7.80. The van der Waals surface area contributed by atoms with E-state index in [1.165, 1.54) is 24.4 Å².